The standard InChI is InChI=1S/C19H27NO/c1-19-8-4-2-3-5-13(18(19)20)9-14-10-15(12-6-7-12)17(21)11-16(14)19/h10-13,18,21H,2-9,20H2,1H3. The van der Waals surface area contributed by atoms with Gasteiger partial charge in [0.1, 0.15) is 5.75 Å². The van der Waals surface area contributed by atoms with E-state index in [1.807, 2.05) is 0 Å². The van der Waals surface area contributed by atoms with Crippen molar-refractivity contribution in [1.29, 1.82) is 0 Å². The van der Waals surface area contributed by atoms with Gasteiger partial charge in [-0.25, -0.2) is 0 Å². The molecule has 2 saturated carbocycles. The smallest absolute Gasteiger partial charge is 0.119 e. The Hall–Kier alpha value is -1.02. The second-order valence-electron chi connectivity index (χ2n) is 7.85. The molecule has 3 atom stereocenters. The second-order valence-corrected chi connectivity index (χ2v) is 7.85. The van der Waals surface area contributed by atoms with Crippen molar-refractivity contribution in [3.05, 3.63) is 28.8 Å². The van der Waals surface area contributed by atoms with Gasteiger partial charge in [-0.1, -0.05) is 32.3 Å². The van der Waals surface area contributed by atoms with E-state index < -0.39 is 0 Å². The molecule has 3 N–H and O–H groups in total. The fraction of sp³-hybridized carbons (Fsp3) is 0.684. The van der Waals surface area contributed by atoms with Gasteiger partial charge in [-0.3, -0.25) is 0 Å². The molecule has 0 spiro atoms. The first-order valence-corrected chi connectivity index (χ1v) is 8.71. The summed E-state index contributed by atoms with van der Waals surface area (Å²) < 4.78 is 0. The Morgan fingerprint density at radius 3 is 2.71 bits per heavy atom. The van der Waals surface area contributed by atoms with Crippen molar-refractivity contribution in [3.63, 3.8) is 0 Å². The molecule has 21 heavy (non-hydrogen) atoms. The number of fused-ring (bicyclic) bond motifs is 4. The minimum absolute atomic E-state index is 0.0538. The zero-order valence-electron chi connectivity index (χ0n) is 13.1. The van der Waals surface area contributed by atoms with Crippen molar-refractivity contribution in [2.75, 3.05) is 0 Å². The summed E-state index contributed by atoms with van der Waals surface area (Å²) in [5.41, 5.74) is 10.8. The zero-order valence-corrected chi connectivity index (χ0v) is 13.1. The first-order chi connectivity index (χ1) is 10.1. The van der Waals surface area contributed by atoms with Crippen LogP contribution in [0.3, 0.4) is 0 Å². The van der Waals surface area contributed by atoms with E-state index >= 15 is 0 Å². The van der Waals surface area contributed by atoms with Gasteiger partial charge < -0.3 is 10.8 Å². The molecule has 2 nitrogen and oxygen atoms in total. The summed E-state index contributed by atoms with van der Waals surface area (Å²) in [7, 11) is 0. The third-order valence-electron chi connectivity index (χ3n) is 6.38. The Balaban J connectivity index is 1.83. The average molecular weight is 285 g/mol. The predicted octanol–water partition coefficient (Wildman–Crippen LogP) is 3.99. The highest BCUT2D eigenvalue weighted by molar-refractivity contribution is 5.50. The molecular weight excluding hydrogens is 258 g/mol. The molecule has 1 aromatic rings. The van der Waals surface area contributed by atoms with Gasteiger partial charge in [0.25, 0.3) is 0 Å². The first kappa shape index (κ1) is 13.6. The highest BCUT2D eigenvalue weighted by Crippen LogP contribution is 2.50. The number of hydrogen-bond donors (Lipinski definition) is 2. The summed E-state index contributed by atoms with van der Waals surface area (Å²) in [6.07, 6.45) is 9.97. The number of phenolic OH excluding ortho intramolecular Hbond substituents is 1. The number of hydrogen-bond acceptors (Lipinski definition) is 2. The van der Waals surface area contributed by atoms with Crippen molar-refractivity contribution in [1.82, 2.24) is 0 Å². The van der Waals surface area contributed by atoms with Crippen molar-refractivity contribution >= 4 is 0 Å². The minimum atomic E-state index is 0.0538. The Kier molecular flexibility index (Phi) is 3.08. The molecule has 1 aromatic carbocycles. The Bertz CT molecular complexity index is 563. The highest BCUT2D eigenvalue weighted by Gasteiger charge is 2.44. The van der Waals surface area contributed by atoms with Crippen molar-refractivity contribution < 1.29 is 5.11 Å². The molecule has 2 bridgehead atoms. The van der Waals surface area contributed by atoms with Crippen LogP contribution in [0.5, 0.6) is 5.75 Å². The van der Waals surface area contributed by atoms with E-state index in [1.165, 1.54) is 61.6 Å². The van der Waals surface area contributed by atoms with E-state index in [-0.39, 0.29) is 11.5 Å². The number of nitrogens with two attached hydrogens (primary N) is 1. The summed E-state index contributed by atoms with van der Waals surface area (Å²) >= 11 is 0. The molecule has 4 rings (SSSR count). The summed E-state index contributed by atoms with van der Waals surface area (Å²) in [6, 6.07) is 4.64. The molecule has 0 aliphatic heterocycles. The van der Waals surface area contributed by atoms with Crippen LogP contribution in [0.25, 0.3) is 0 Å². The number of aromatic hydroxyl groups is 1. The maximum atomic E-state index is 10.5. The Labute approximate surface area is 127 Å². The topological polar surface area (TPSA) is 46.2 Å². The van der Waals surface area contributed by atoms with E-state index in [0.717, 1.165) is 6.42 Å². The maximum Gasteiger partial charge on any atom is 0.119 e. The molecule has 114 valence electrons. The van der Waals surface area contributed by atoms with Crippen LogP contribution in [-0.2, 0) is 11.8 Å². The third kappa shape index (κ3) is 2.11. The molecule has 3 unspecified atom stereocenters. The molecule has 0 amide bonds. The van der Waals surface area contributed by atoms with Crippen LogP contribution in [0.15, 0.2) is 12.1 Å². The van der Waals surface area contributed by atoms with Crippen molar-refractivity contribution in [2.24, 2.45) is 11.7 Å². The first-order valence-electron chi connectivity index (χ1n) is 8.71. The van der Waals surface area contributed by atoms with Gasteiger partial charge in [0, 0.05) is 11.5 Å². The molecule has 0 heterocycles. The second kappa shape index (κ2) is 4.74. The SMILES string of the molecule is CC12CCCCCC(Cc3cc(C4CC4)c(O)cc31)C2N. The van der Waals surface area contributed by atoms with Gasteiger partial charge in [0.2, 0.25) is 0 Å². The monoisotopic (exact) mass is 285 g/mol. The molecule has 3 aliphatic carbocycles. The molecule has 0 saturated heterocycles. The lowest BCUT2D eigenvalue weighted by Crippen LogP contribution is -2.52. The van der Waals surface area contributed by atoms with Crippen molar-refractivity contribution in [2.45, 2.75) is 75.7 Å². The van der Waals surface area contributed by atoms with Crippen LogP contribution in [0.2, 0.25) is 0 Å². The fourth-order valence-electron chi connectivity index (χ4n) is 4.84. The molecular formula is C19H27NO. The summed E-state index contributed by atoms with van der Waals surface area (Å²) in [5, 5.41) is 10.5. The number of benzene rings is 1. The Morgan fingerprint density at radius 2 is 1.95 bits per heavy atom. The van der Waals surface area contributed by atoms with Gasteiger partial charge in [0.15, 0.2) is 0 Å². The molecule has 2 heteroatoms. The lowest BCUT2D eigenvalue weighted by atomic mass is 9.59. The normalized spacial score (nSPS) is 35.7. The average Bonchev–Trinajstić information content (AvgIpc) is 3.28. The van der Waals surface area contributed by atoms with Gasteiger partial charge >= 0.3 is 0 Å². The quantitative estimate of drug-likeness (QED) is 0.819. The number of phenols is 1. The van der Waals surface area contributed by atoms with Gasteiger partial charge in [-0.2, -0.15) is 0 Å². The van der Waals surface area contributed by atoms with Crippen LogP contribution in [-0.4, -0.2) is 11.1 Å². The fourth-order valence-corrected chi connectivity index (χ4v) is 4.84. The molecule has 0 aromatic heterocycles. The number of rotatable bonds is 1. The highest BCUT2D eigenvalue weighted by atomic mass is 16.3. The minimum Gasteiger partial charge on any atom is -0.508 e. The van der Waals surface area contributed by atoms with Crippen LogP contribution >= 0.6 is 0 Å². The lowest BCUT2D eigenvalue weighted by Gasteiger charge is -2.47. The van der Waals surface area contributed by atoms with Crippen LogP contribution < -0.4 is 5.73 Å². The van der Waals surface area contributed by atoms with Gasteiger partial charge in [-0.15, -0.1) is 0 Å². The van der Waals surface area contributed by atoms with Crippen LogP contribution in [0, 0.1) is 5.92 Å². The molecule has 0 radical (unpaired) electrons. The van der Waals surface area contributed by atoms with E-state index in [2.05, 4.69) is 19.1 Å². The maximum absolute atomic E-state index is 10.5. The third-order valence-corrected chi connectivity index (χ3v) is 6.38. The summed E-state index contributed by atoms with van der Waals surface area (Å²) in [6.45, 7) is 2.34. The van der Waals surface area contributed by atoms with E-state index in [1.54, 1.807) is 0 Å². The summed E-state index contributed by atoms with van der Waals surface area (Å²) in [5.74, 6) is 1.76. The van der Waals surface area contributed by atoms with E-state index in [9.17, 15) is 5.11 Å². The Morgan fingerprint density at radius 1 is 1.14 bits per heavy atom. The van der Waals surface area contributed by atoms with Gasteiger partial charge in [-0.05, 0) is 66.7 Å². The molecule has 3 aliphatic rings. The zero-order chi connectivity index (χ0) is 14.6. The van der Waals surface area contributed by atoms with Crippen molar-refractivity contribution in [3.8, 4) is 5.75 Å². The van der Waals surface area contributed by atoms with E-state index in [4.69, 9.17) is 5.73 Å². The largest absolute Gasteiger partial charge is 0.508 e. The van der Waals surface area contributed by atoms with Crippen LogP contribution in [0.4, 0.5) is 0 Å². The predicted molar refractivity (Wildman–Crippen MR) is 85.7 cm³/mol. The summed E-state index contributed by atoms with van der Waals surface area (Å²) in [4.78, 5) is 0. The van der Waals surface area contributed by atoms with Gasteiger partial charge in [0.05, 0.1) is 0 Å². The lowest BCUT2D eigenvalue weighted by molar-refractivity contribution is 0.201. The van der Waals surface area contributed by atoms with E-state index in [0.29, 0.717) is 17.6 Å². The van der Waals surface area contributed by atoms with Crippen LogP contribution in [0.1, 0.15) is 74.5 Å². The molecule has 2 fully saturated rings.